The molecule has 2 aromatic rings. The van der Waals surface area contributed by atoms with Gasteiger partial charge in [-0.15, -0.1) is 10.2 Å². The maximum Gasteiger partial charge on any atom is 0.282 e. The van der Waals surface area contributed by atoms with E-state index >= 15 is 0 Å². The fourth-order valence-corrected chi connectivity index (χ4v) is 2.73. The highest BCUT2D eigenvalue weighted by atomic mass is 32.2. The van der Waals surface area contributed by atoms with Crippen LogP contribution in [0.15, 0.2) is 35.5 Å². The minimum Gasteiger partial charge on any atom is -0.329 e. The Morgan fingerprint density at radius 3 is 2.60 bits per heavy atom. The van der Waals surface area contributed by atoms with Gasteiger partial charge in [0.1, 0.15) is 5.82 Å². The minimum atomic E-state index is -2.90. The van der Waals surface area contributed by atoms with Crippen LogP contribution in [0.4, 0.5) is 8.78 Å². The summed E-state index contributed by atoms with van der Waals surface area (Å²) in [7, 11) is 0. The van der Waals surface area contributed by atoms with Crippen LogP contribution in [-0.4, -0.2) is 27.1 Å². The summed E-state index contributed by atoms with van der Waals surface area (Å²) < 4.78 is 29.9. The predicted molar refractivity (Wildman–Crippen MR) is 74.9 cm³/mol. The summed E-state index contributed by atoms with van der Waals surface area (Å²) in [6.45, 7) is 2.72. The van der Waals surface area contributed by atoms with E-state index in [1.165, 1.54) is 12.1 Å². The second kappa shape index (κ2) is 6.32. The first-order chi connectivity index (χ1) is 9.54. The predicted octanol–water partition coefficient (Wildman–Crippen LogP) is 2.43. The molecule has 20 heavy (non-hydrogen) atoms. The smallest absolute Gasteiger partial charge is 0.282 e. The van der Waals surface area contributed by atoms with Gasteiger partial charge in [0.2, 0.25) is 0 Å². The van der Waals surface area contributed by atoms with Gasteiger partial charge in [-0.1, -0.05) is 42.1 Å². The van der Waals surface area contributed by atoms with Crippen molar-refractivity contribution in [2.75, 3.05) is 12.3 Å². The molecular weight excluding hydrogens is 282 g/mol. The Morgan fingerprint density at radius 1 is 1.25 bits per heavy atom. The van der Waals surface area contributed by atoms with E-state index in [1.807, 2.05) is 0 Å². The van der Waals surface area contributed by atoms with Crippen LogP contribution < -0.4 is 5.73 Å². The molecule has 0 unspecified atom stereocenters. The molecule has 4 nitrogen and oxygen atoms in total. The van der Waals surface area contributed by atoms with Crippen molar-refractivity contribution in [2.45, 2.75) is 24.5 Å². The normalized spacial score (nSPS) is 11.8. The Labute approximate surface area is 120 Å². The van der Waals surface area contributed by atoms with Gasteiger partial charge in [-0.05, 0) is 6.92 Å². The summed E-state index contributed by atoms with van der Waals surface area (Å²) in [5.74, 6) is -2.60. The van der Waals surface area contributed by atoms with Crippen LogP contribution in [0.2, 0.25) is 0 Å². The van der Waals surface area contributed by atoms with Gasteiger partial charge in [-0.25, -0.2) is 8.78 Å². The first-order valence-electron chi connectivity index (χ1n) is 6.20. The fraction of sp³-hybridized carbons (Fsp3) is 0.385. The number of benzene rings is 1. The molecule has 0 radical (unpaired) electrons. The SMILES string of the molecule is Cc1nnc(SCC(F)(F)c2ccccc2)n1CCN. The van der Waals surface area contributed by atoms with Crippen molar-refractivity contribution in [3.8, 4) is 0 Å². The number of aryl methyl sites for hydroxylation is 1. The molecule has 108 valence electrons. The highest BCUT2D eigenvalue weighted by Crippen LogP contribution is 2.33. The van der Waals surface area contributed by atoms with Crippen LogP contribution in [0.1, 0.15) is 11.4 Å². The first-order valence-corrected chi connectivity index (χ1v) is 7.19. The number of halogens is 2. The summed E-state index contributed by atoms with van der Waals surface area (Å²) in [6, 6.07) is 7.78. The molecule has 0 atom stereocenters. The second-order valence-corrected chi connectivity index (χ2v) is 5.27. The number of hydrogen-bond donors (Lipinski definition) is 1. The van der Waals surface area contributed by atoms with Gasteiger partial charge in [0, 0.05) is 18.7 Å². The summed E-state index contributed by atoms with van der Waals surface area (Å²) in [6.07, 6.45) is 0. The Balaban J connectivity index is 2.08. The number of nitrogens with zero attached hydrogens (tertiary/aromatic N) is 3. The lowest BCUT2D eigenvalue weighted by atomic mass is 10.1. The van der Waals surface area contributed by atoms with Crippen LogP contribution in [0.3, 0.4) is 0 Å². The van der Waals surface area contributed by atoms with Gasteiger partial charge in [0.05, 0.1) is 5.75 Å². The van der Waals surface area contributed by atoms with Crippen molar-refractivity contribution in [3.05, 3.63) is 41.7 Å². The van der Waals surface area contributed by atoms with Gasteiger partial charge in [-0.2, -0.15) is 0 Å². The molecule has 2 N–H and O–H groups in total. The second-order valence-electron chi connectivity index (χ2n) is 4.33. The largest absolute Gasteiger partial charge is 0.329 e. The number of hydrogen-bond acceptors (Lipinski definition) is 4. The number of thioether (sulfide) groups is 1. The zero-order valence-electron chi connectivity index (χ0n) is 11.1. The van der Waals surface area contributed by atoms with Gasteiger partial charge in [0.15, 0.2) is 5.16 Å². The third-order valence-electron chi connectivity index (χ3n) is 2.83. The maximum absolute atomic E-state index is 14.1. The van der Waals surface area contributed by atoms with E-state index in [0.29, 0.717) is 24.1 Å². The molecule has 1 aromatic heterocycles. The monoisotopic (exact) mass is 298 g/mol. The Kier molecular flexibility index (Phi) is 4.72. The van der Waals surface area contributed by atoms with E-state index in [2.05, 4.69) is 10.2 Å². The maximum atomic E-state index is 14.1. The summed E-state index contributed by atoms with van der Waals surface area (Å²) >= 11 is 0.993. The van der Waals surface area contributed by atoms with E-state index in [0.717, 1.165) is 11.8 Å². The van der Waals surface area contributed by atoms with Crippen LogP contribution >= 0.6 is 11.8 Å². The van der Waals surface area contributed by atoms with Crippen LogP contribution in [0.5, 0.6) is 0 Å². The Hall–Kier alpha value is -1.47. The van der Waals surface area contributed by atoms with Crippen molar-refractivity contribution in [1.29, 1.82) is 0 Å². The highest BCUT2D eigenvalue weighted by molar-refractivity contribution is 7.99. The molecule has 0 aliphatic heterocycles. The molecule has 2 rings (SSSR count). The van der Waals surface area contributed by atoms with Crippen molar-refractivity contribution in [3.63, 3.8) is 0 Å². The fourth-order valence-electron chi connectivity index (χ4n) is 1.78. The number of alkyl halides is 2. The molecule has 1 heterocycles. The molecule has 0 saturated heterocycles. The van der Waals surface area contributed by atoms with Crippen LogP contribution in [-0.2, 0) is 12.5 Å². The lowest BCUT2D eigenvalue weighted by molar-refractivity contribution is 0.0231. The molecule has 0 amide bonds. The third-order valence-corrected chi connectivity index (χ3v) is 3.90. The lowest BCUT2D eigenvalue weighted by Gasteiger charge is -2.16. The molecule has 0 aliphatic carbocycles. The molecule has 0 aliphatic rings. The molecule has 7 heteroatoms. The van der Waals surface area contributed by atoms with Crippen molar-refractivity contribution < 1.29 is 8.78 Å². The van der Waals surface area contributed by atoms with Gasteiger partial charge < -0.3 is 10.3 Å². The minimum absolute atomic E-state index is 0.00844. The van der Waals surface area contributed by atoms with E-state index in [-0.39, 0.29) is 11.3 Å². The summed E-state index contributed by atoms with van der Waals surface area (Å²) in [5.41, 5.74) is 5.51. The Bertz CT molecular complexity index is 557. The average molecular weight is 298 g/mol. The van der Waals surface area contributed by atoms with Gasteiger partial charge in [-0.3, -0.25) is 0 Å². The number of aromatic nitrogens is 3. The average Bonchev–Trinajstić information content (AvgIpc) is 2.79. The van der Waals surface area contributed by atoms with Crippen LogP contribution in [0.25, 0.3) is 0 Å². The van der Waals surface area contributed by atoms with E-state index in [1.54, 1.807) is 29.7 Å². The number of nitrogens with two attached hydrogens (primary N) is 1. The third kappa shape index (κ3) is 3.34. The van der Waals surface area contributed by atoms with Crippen LogP contribution in [0, 0.1) is 6.92 Å². The van der Waals surface area contributed by atoms with E-state index in [9.17, 15) is 8.78 Å². The zero-order valence-corrected chi connectivity index (χ0v) is 11.9. The summed E-state index contributed by atoms with van der Waals surface area (Å²) in [5, 5.41) is 8.29. The topological polar surface area (TPSA) is 56.7 Å². The van der Waals surface area contributed by atoms with E-state index < -0.39 is 5.92 Å². The molecule has 1 aromatic carbocycles. The van der Waals surface area contributed by atoms with Gasteiger partial charge >= 0.3 is 0 Å². The highest BCUT2D eigenvalue weighted by Gasteiger charge is 2.32. The molecule has 0 bridgehead atoms. The first kappa shape index (κ1) is 14.9. The molecule has 0 fully saturated rings. The molecule has 0 saturated carbocycles. The standard InChI is InChI=1S/C13H16F2N4S/c1-10-17-18-12(19(10)8-7-16)20-9-13(14,15)11-5-3-2-4-6-11/h2-6H,7-9,16H2,1H3. The number of rotatable bonds is 6. The summed E-state index contributed by atoms with van der Waals surface area (Å²) in [4.78, 5) is 0. The lowest BCUT2D eigenvalue weighted by Crippen LogP contribution is -2.18. The van der Waals surface area contributed by atoms with Gasteiger partial charge in [0.25, 0.3) is 5.92 Å². The van der Waals surface area contributed by atoms with Crippen molar-refractivity contribution >= 4 is 11.8 Å². The Morgan fingerprint density at radius 2 is 1.95 bits per heavy atom. The molecular formula is C13H16F2N4S. The van der Waals surface area contributed by atoms with Crippen molar-refractivity contribution in [2.24, 2.45) is 5.73 Å². The molecule has 0 spiro atoms. The van der Waals surface area contributed by atoms with E-state index in [4.69, 9.17) is 5.73 Å². The quantitative estimate of drug-likeness (QED) is 0.832. The van der Waals surface area contributed by atoms with Crippen molar-refractivity contribution in [1.82, 2.24) is 14.8 Å². The zero-order chi connectivity index (χ0) is 14.6.